The van der Waals surface area contributed by atoms with Crippen molar-refractivity contribution in [2.24, 2.45) is 0 Å². The molecule has 114 valence electrons. The van der Waals surface area contributed by atoms with Crippen LogP contribution in [-0.2, 0) is 16.4 Å². The third-order valence-electron chi connectivity index (χ3n) is 2.77. The van der Waals surface area contributed by atoms with Crippen LogP contribution in [0.15, 0.2) is 34.7 Å². The Hall–Kier alpha value is -1.61. The molecule has 0 saturated carbocycles. The number of rotatable bonds is 4. The summed E-state index contributed by atoms with van der Waals surface area (Å²) in [6, 6.07) is 4.47. The van der Waals surface area contributed by atoms with E-state index in [9.17, 15) is 21.6 Å². The highest BCUT2D eigenvalue weighted by Gasteiger charge is 2.46. The molecule has 0 bridgehead atoms. The number of alkyl halides is 3. The maximum Gasteiger partial charge on any atom is 0.501 e. The van der Waals surface area contributed by atoms with Gasteiger partial charge in [-0.05, 0) is 31.2 Å². The maximum absolute atomic E-state index is 12.4. The number of halogens is 3. The summed E-state index contributed by atoms with van der Waals surface area (Å²) >= 11 is 1.46. The van der Waals surface area contributed by atoms with Gasteiger partial charge in [-0.3, -0.25) is 0 Å². The lowest BCUT2D eigenvalue weighted by molar-refractivity contribution is -0.0436. The minimum atomic E-state index is -5.29. The van der Waals surface area contributed by atoms with Crippen LogP contribution in [0.4, 0.5) is 18.9 Å². The van der Waals surface area contributed by atoms with Crippen LogP contribution < -0.4 is 5.32 Å². The number of aromatic nitrogens is 1. The topological polar surface area (TPSA) is 59.1 Å². The number of nitrogens with zero attached hydrogens (tertiary/aromatic N) is 1. The van der Waals surface area contributed by atoms with Crippen molar-refractivity contribution in [3.05, 3.63) is 40.3 Å². The lowest BCUT2D eigenvalue weighted by Crippen LogP contribution is -2.23. The minimum Gasteiger partial charge on any atom is -0.380 e. The first-order chi connectivity index (χ1) is 9.72. The van der Waals surface area contributed by atoms with Gasteiger partial charge in [-0.2, -0.15) is 13.2 Å². The van der Waals surface area contributed by atoms with E-state index in [1.165, 1.54) is 23.5 Å². The summed E-state index contributed by atoms with van der Waals surface area (Å²) in [5.74, 6) is 0. The predicted molar refractivity (Wildman–Crippen MR) is 73.9 cm³/mol. The Kier molecular flexibility index (Phi) is 4.24. The molecule has 0 aliphatic heterocycles. The van der Waals surface area contributed by atoms with Gasteiger partial charge in [0.05, 0.1) is 22.6 Å². The van der Waals surface area contributed by atoms with Crippen molar-refractivity contribution >= 4 is 26.9 Å². The monoisotopic (exact) mass is 336 g/mol. The van der Waals surface area contributed by atoms with Crippen LogP contribution in [0.25, 0.3) is 0 Å². The molecule has 0 spiro atoms. The lowest BCUT2D eigenvalue weighted by atomic mass is 10.3. The van der Waals surface area contributed by atoms with Crippen molar-refractivity contribution in [3.63, 3.8) is 0 Å². The number of hydrogen-bond acceptors (Lipinski definition) is 5. The molecule has 1 aromatic carbocycles. The van der Waals surface area contributed by atoms with Crippen molar-refractivity contribution in [1.29, 1.82) is 0 Å². The number of anilines is 1. The van der Waals surface area contributed by atoms with Gasteiger partial charge in [0.1, 0.15) is 0 Å². The number of aryl methyl sites for hydroxylation is 1. The molecule has 21 heavy (non-hydrogen) atoms. The molecule has 0 unspecified atom stereocenters. The molecule has 0 fully saturated rings. The fraction of sp³-hybridized carbons (Fsp3) is 0.250. The second-order valence-electron chi connectivity index (χ2n) is 4.19. The Balaban J connectivity index is 2.11. The van der Waals surface area contributed by atoms with Gasteiger partial charge in [-0.15, -0.1) is 11.3 Å². The Morgan fingerprint density at radius 3 is 2.33 bits per heavy atom. The van der Waals surface area contributed by atoms with E-state index in [4.69, 9.17) is 0 Å². The highest BCUT2D eigenvalue weighted by atomic mass is 32.2. The highest BCUT2D eigenvalue weighted by molar-refractivity contribution is 7.92. The molecule has 2 rings (SSSR count). The molecule has 0 radical (unpaired) electrons. The molecule has 1 N–H and O–H groups in total. The fourth-order valence-corrected chi connectivity index (χ4v) is 3.04. The minimum absolute atomic E-state index is 0.474. The van der Waals surface area contributed by atoms with Gasteiger partial charge >= 0.3 is 5.51 Å². The van der Waals surface area contributed by atoms with Gasteiger partial charge in [-0.25, -0.2) is 13.4 Å². The number of benzene rings is 1. The van der Waals surface area contributed by atoms with E-state index in [2.05, 4.69) is 10.3 Å². The van der Waals surface area contributed by atoms with Gasteiger partial charge in [0.25, 0.3) is 9.84 Å². The van der Waals surface area contributed by atoms with Crippen LogP contribution >= 0.6 is 11.3 Å². The third-order valence-corrected chi connectivity index (χ3v) is 5.20. The second-order valence-corrected chi connectivity index (χ2v) is 7.07. The standard InChI is InChI=1S/C12H11F3N2O2S2/c1-8-11(20-7-17-8)6-16-9-2-4-10(5-3-9)21(18,19)12(13,14)15/h2-5,7,16H,6H2,1H3. The SMILES string of the molecule is Cc1ncsc1CNc1ccc(S(=O)(=O)C(F)(F)F)cc1. The molecule has 4 nitrogen and oxygen atoms in total. The molecule has 0 amide bonds. The van der Waals surface area contributed by atoms with Crippen molar-refractivity contribution in [1.82, 2.24) is 4.98 Å². The van der Waals surface area contributed by atoms with Gasteiger partial charge < -0.3 is 5.32 Å². The van der Waals surface area contributed by atoms with Crippen molar-refractivity contribution in [2.45, 2.75) is 23.9 Å². The molecule has 2 aromatic rings. The van der Waals surface area contributed by atoms with Crippen LogP contribution in [0, 0.1) is 6.92 Å². The van der Waals surface area contributed by atoms with Gasteiger partial charge in [-0.1, -0.05) is 0 Å². The zero-order chi connectivity index (χ0) is 15.7. The summed E-state index contributed by atoms with van der Waals surface area (Å²) in [6.07, 6.45) is 0. The van der Waals surface area contributed by atoms with E-state index in [-0.39, 0.29) is 0 Å². The Bertz CT molecular complexity index is 722. The van der Waals surface area contributed by atoms with Gasteiger partial charge in [0.2, 0.25) is 0 Å². The Labute approximate surface area is 123 Å². The zero-order valence-corrected chi connectivity index (χ0v) is 12.4. The summed E-state index contributed by atoms with van der Waals surface area (Å²) in [4.78, 5) is 4.31. The molecule has 0 aliphatic rings. The normalized spacial score (nSPS) is 12.4. The van der Waals surface area contributed by atoms with E-state index in [1.54, 1.807) is 5.51 Å². The smallest absolute Gasteiger partial charge is 0.380 e. The summed E-state index contributed by atoms with van der Waals surface area (Å²) in [7, 11) is -5.29. The van der Waals surface area contributed by atoms with Crippen molar-refractivity contribution in [3.8, 4) is 0 Å². The number of sulfone groups is 1. The van der Waals surface area contributed by atoms with E-state index in [0.29, 0.717) is 12.2 Å². The Morgan fingerprint density at radius 1 is 1.24 bits per heavy atom. The first kappa shape index (κ1) is 15.8. The van der Waals surface area contributed by atoms with E-state index < -0.39 is 20.2 Å². The number of nitrogens with one attached hydrogen (secondary N) is 1. The zero-order valence-electron chi connectivity index (χ0n) is 10.8. The quantitative estimate of drug-likeness (QED) is 0.930. The summed E-state index contributed by atoms with van der Waals surface area (Å²) in [5, 5.41) is 3.00. The van der Waals surface area contributed by atoms with E-state index in [1.807, 2.05) is 6.92 Å². The van der Waals surface area contributed by atoms with Crippen LogP contribution in [-0.4, -0.2) is 18.9 Å². The van der Waals surface area contributed by atoms with Crippen LogP contribution in [0.2, 0.25) is 0 Å². The average molecular weight is 336 g/mol. The summed E-state index contributed by atoms with van der Waals surface area (Å²) in [5.41, 5.74) is -2.18. The van der Waals surface area contributed by atoms with Gasteiger partial charge in [0.15, 0.2) is 0 Å². The van der Waals surface area contributed by atoms with Gasteiger partial charge in [0, 0.05) is 10.6 Å². The maximum atomic E-state index is 12.4. The number of thiazole rings is 1. The number of hydrogen-bond donors (Lipinski definition) is 1. The molecule has 9 heteroatoms. The third kappa shape index (κ3) is 3.35. The molecule has 1 aromatic heterocycles. The molecular formula is C12H11F3N2O2S2. The van der Waals surface area contributed by atoms with E-state index >= 15 is 0 Å². The van der Waals surface area contributed by atoms with Crippen LogP contribution in [0.5, 0.6) is 0 Å². The molecule has 0 atom stereocenters. The van der Waals surface area contributed by atoms with Crippen LogP contribution in [0.3, 0.4) is 0 Å². The Morgan fingerprint density at radius 2 is 1.86 bits per heavy atom. The summed E-state index contributed by atoms with van der Waals surface area (Å²) < 4.78 is 59.6. The van der Waals surface area contributed by atoms with E-state index in [0.717, 1.165) is 22.7 Å². The molecule has 0 saturated heterocycles. The first-order valence-electron chi connectivity index (χ1n) is 5.76. The highest BCUT2D eigenvalue weighted by Crippen LogP contribution is 2.30. The fourth-order valence-electron chi connectivity index (χ4n) is 1.56. The van der Waals surface area contributed by atoms with Crippen molar-refractivity contribution in [2.75, 3.05) is 5.32 Å². The molecular weight excluding hydrogens is 325 g/mol. The average Bonchev–Trinajstić information content (AvgIpc) is 2.81. The largest absolute Gasteiger partial charge is 0.501 e. The predicted octanol–water partition coefficient (Wildman–Crippen LogP) is 3.36. The van der Waals surface area contributed by atoms with Crippen molar-refractivity contribution < 1.29 is 21.6 Å². The second kappa shape index (κ2) is 5.64. The molecule has 0 aliphatic carbocycles. The molecule has 1 heterocycles. The summed E-state index contributed by atoms with van der Waals surface area (Å²) in [6.45, 7) is 2.33. The lowest BCUT2D eigenvalue weighted by Gasteiger charge is -2.09. The first-order valence-corrected chi connectivity index (χ1v) is 8.12. The van der Waals surface area contributed by atoms with Crippen LogP contribution in [0.1, 0.15) is 10.6 Å².